The Kier molecular flexibility index (Phi) is 7.00. The number of nitrogens with one attached hydrogen (secondary N) is 1. The summed E-state index contributed by atoms with van der Waals surface area (Å²) in [5, 5.41) is 2.53. The molecule has 2 aromatic rings. The van der Waals surface area contributed by atoms with Crippen LogP contribution in [-0.2, 0) is 25.1 Å². The van der Waals surface area contributed by atoms with E-state index in [9.17, 15) is 18.0 Å². The minimum absolute atomic E-state index is 0.0561. The fraction of sp³-hybridized carbons (Fsp3) is 0.333. The van der Waals surface area contributed by atoms with Crippen LogP contribution in [-0.4, -0.2) is 39.3 Å². The van der Waals surface area contributed by atoms with Gasteiger partial charge in [0.1, 0.15) is 23.0 Å². The van der Waals surface area contributed by atoms with Crippen molar-refractivity contribution in [2.75, 3.05) is 24.3 Å². The summed E-state index contributed by atoms with van der Waals surface area (Å²) in [7, 11) is -3.80. The van der Waals surface area contributed by atoms with Crippen molar-refractivity contribution < 1.29 is 31.9 Å². The maximum atomic E-state index is 12.2. The Bertz CT molecular complexity index is 902. The molecule has 0 aliphatic heterocycles. The van der Waals surface area contributed by atoms with Crippen LogP contribution < -0.4 is 10.1 Å². The van der Waals surface area contributed by atoms with Crippen LogP contribution in [0.4, 0.5) is 5.69 Å². The molecule has 0 spiro atoms. The highest BCUT2D eigenvalue weighted by molar-refractivity contribution is 7.91. The van der Waals surface area contributed by atoms with Crippen molar-refractivity contribution in [1.29, 1.82) is 0 Å². The second-order valence-corrected chi connectivity index (χ2v) is 7.56. The average molecular weight is 395 g/mol. The summed E-state index contributed by atoms with van der Waals surface area (Å²) in [6.07, 6.45) is 0. The van der Waals surface area contributed by atoms with Crippen molar-refractivity contribution >= 4 is 27.4 Å². The van der Waals surface area contributed by atoms with Crippen molar-refractivity contribution in [3.63, 3.8) is 0 Å². The molecule has 8 nitrogen and oxygen atoms in total. The van der Waals surface area contributed by atoms with Gasteiger partial charge in [-0.3, -0.25) is 4.79 Å². The highest BCUT2D eigenvalue weighted by Crippen LogP contribution is 2.23. The van der Waals surface area contributed by atoms with Gasteiger partial charge >= 0.3 is 5.97 Å². The Morgan fingerprint density at radius 1 is 1.07 bits per heavy atom. The number of anilines is 1. The number of hydrogen-bond donors (Lipinski definition) is 1. The Hall–Kier alpha value is -2.81. The molecule has 0 saturated heterocycles. The maximum Gasteiger partial charge on any atom is 0.374 e. The van der Waals surface area contributed by atoms with Gasteiger partial charge in [0.05, 0.1) is 18.9 Å². The molecule has 1 aromatic carbocycles. The Balaban J connectivity index is 2.00. The summed E-state index contributed by atoms with van der Waals surface area (Å²) in [6.45, 7) is 4.04. The zero-order valence-electron chi connectivity index (χ0n) is 15.1. The van der Waals surface area contributed by atoms with Gasteiger partial charge in [0, 0.05) is 0 Å². The lowest BCUT2D eigenvalue weighted by molar-refractivity contribution is -0.113. The number of para-hydroxylation sites is 2. The number of hydrogen-bond acceptors (Lipinski definition) is 7. The van der Waals surface area contributed by atoms with Gasteiger partial charge in [-0.2, -0.15) is 0 Å². The van der Waals surface area contributed by atoms with E-state index >= 15 is 0 Å². The number of ether oxygens (including phenoxy) is 2. The summed E-state index contributed by atoms with van der Waals surface area (Å²) >= 11 is 0. The molecule has 1 heterocycles. The molecule has 0 aliphatic carbocycles. The zero-order chi connectivity index (χ0) is 19.9. The van der Waals surface area contributed by atoms with Crippen LogP contribution in [0.3, 0.4) is 0 Å². The lowest BCUT2D eigenvalue weighted by atomic mass is 10.3. The van der Waals surface area contributed by atoms with Crippen LogP contribution in [0.5, 0.6) is 5.75 Å². The van der Waals surface area contributed by atoms with Gasteiger partial charge in [0.15, 0.2) is 9.84 Å². The number of carbonyl (C=O) groups excluding carboxylic acids is 2. The van der Waals surface area contributed by atoms with Gasteiger partial charge in [-0.1, -0.05) is 12.1 Å². The normalized spacial score (nSPS) is 11.0. The third kappa shape index (κ3) is 6.14. The molecule has 1 aromatic heterocycles. The van der Waals surface area contributed by atoms with Gasteiger partial charge in [-0.15, -0.1) is 0 Å². The van der Waals surface area contributed by atoms with Crippen molar-refractivity contribution in [1.82, 2.24) is 0 Å². The maximum absolute atomic E-state index is 12.2. The van der Waals surface area contributed by atoms with E-state index in [0.29, 0.717) is 18.0 Å². The molecule has 0 aliphatic rings. The summed E-state index contributed by atoms with van der Waals surface area (Å²) in [5.41, 5.74) is 0.391. The molecule has 0 atom stereocenters. The van der Waals surface area contributed by atoms with Crippen molar-refractivity contribution in [3.8, 4) is 5.75 Å². The van der Waals surface area contributed by atoms with Gasteiger partial charge in [0.25, 0.3) is 0 Å². The Morgan fingerprint density at radius 3 is 2.52 bits per heavy atom. The second-order valence-electron chi connectivity index (χ2n) is 5.50. The quantitative estimate of drug-likeness (QED) is 0.649. The van der Waals surface area contributed by atoms with E-state index in [2.05, 4.69) is 5.32 Å². The van der Waals surface area contributed by atoms with E-state index in [1.165, 1.54) is 12.1 Å². The standard InChI is InChI=1S/C18H21NO7S/c1-3-24-15-8-6-5-7-14(15)19-17(20)12-27(22,23)11-13-9-10-16(26-13)18(21)25-4-2/h5-10H,3-4,11-12H2,1-2H3,(H,19,20). The van der Waals surface area contributed by atoms with E-state index in [0.717, 1.165) is 0 Å². The first-order chi connectivity index (χ1) is 12.8. The first kappa shape index (κ1) is 20.5. The predicted octanol–water partition coefficient (Wildman–Crippen LogP) is 2.41. The molecule has 0 fully saturated rings. The van der Waals surface area contributed by atoms with Gasteiger partial charge in [-0.25, -0.2) is 13.2 Å². The molecule has 0 saturated carbocycles. The number of carbonyl (C=O) groups is 2. The molecule has 27 heavy (non-hydrogen) atoms. The highest BCUT2D eigenvalue weighted by atomic mass is 32.2. The third-order valence-electron chi connectivity index (χ3n) is 3.31. The number of sulfone groups is 1. The van der Waals surface area contributed by atoms with E-state index < -0.39 is 33.2 Å². The van der Waals surface area contributed by atoms with Crippen LogP contribution in [0.25, 0.3) is 0 Å². The summed E-state index contributed by atoms with van der Waals surface area (Å²) < 4.78 is 39.8. The number of esters is 1. The molecule has 2 rings (SSSR count). The first-order valence-electron chi connectivity index (χ1n) is 8.32. The molecule has 1 amide bonds. The van der Waals surface area contributed by atoms with Crippen molar-refractivity contribution in [3.05, 3.63) is 47.9 Å². The Labute approximate surface area is 157 Å². The molecule has 146 valence electrons. The molecule has 0 radical (unpaired) electrons. The molecule has 9 heteroatoms. The summed E-state index contributed by atoms with van der Waals surface area (Å²) in [6, 6.07) is 9.44. The fourth-order valence-electron chi connectivity index (χ4n) is 2.27. The van der Waals surface area contributed by atoms with Crippen LogP contribution in [0, 0.1) is 0 Å². The third-order valence-corrected chi connectivity index (χ3v) is 4.74. The summed E-state index contributed by atoms with van der Waals surface area (Å²) in [5.74, 6) is -2.19. The average Bonchev–Trinajstić information content (AvgIpc) is 3.04. The monoisotopic (exact) mass is 395 g/mol. The largest absolute Gasteiger partial charge is 0.492 e. The first-order valence-corrected chi connectivity index (χ1v) is 10.1. The van der Waals surface area contributed by atoms with Crippen LogP contribution in [0.1, 0.15) is 30.2 Å². The smallest absolute Gasteiger partial charge is 0.374 e. The fourth-order valence-corrected chi connectivity index (χ4v) is 3.43. The molecular weight excluding hydrogens is 374 g/mol. The SMILES string of the molecule is CCOC(=O)c1ccc(CS(=O)(=O)CC(=O)Nc2ccccc2OCC)o1. The molecule has 0 unspecified atom stereocenters. The molecule has 0 bridgehead atoms. The number of benzene rings is 1. The second kappa shape index (κ2) is 9.22. The van der Waals surface area contributed by atoms with Crippen LogP contribution in [0.15, 0.2) is 40.8 Å². The van der Waals surface area contributed by atoms with E-state index in [1.54, 1.807) is 38.1 Å². The van der Waals surface area contributed by atoms with Crippen LogP contribution in [0.2, 0.25) is 0 Å². The molecule has 1 N–H and O–H groups in total. The zero-order valence-corrected chi connectivity index (χ0v) is 15.9. The van der Waals surface area contributed by atoms with E-state index in [4.69, 9.17) is 13.9 Å². The molecular formula is C18H21NO7S. The van der Waals surface area contributed by atoms with Gasteiger partial charge in [-0.05, 0) is 38.1 Å². The van der Waals surface area contributed by atoms with Crippen LogP contribution >= 0.6 is 0 Å². The lowest BCUT2D eigenvalue weighted by Crippen LogP contribution is -2.24. The van der Waals surface area contributed by atoms with Gasteiger partial charge in [0.2, 0.25) is 11.7 Å². The predicted molar refractivity (Wildman–Crippen MR) is 98.4 cm³/mol. The topological polar surface area (TPSA) is 112 Å². The summed E-state index contributed by atoms with van der Waals surface area (Å²) in [4.78, 5) is 23.7. The minimum atomic E-state index is -3.80. The van der Waals surface area contributed by atoms with Crippen molar-refractivity contribution in [2.45, 2.75) is 19.6 Å². The van der Waals surface area contributed by atoms with E-state index in [-0.39, 0.29) is 18.1 Å². The number of furan rings is 1. The van der Waals surface area contributed by atoms with E-state index in [1.807, 2.05) is 0 Å². The van der Waals surface area contributed by atoms with Crippen molar-refractivity contribution in [2.24, 2.45) is 0 Å². The highest BCUT2D eigenvalue weighted by Gasteiger charge is 2.21. The van der Waals surface area contributed by atoms with Gasteiger partial charge < -0.3 is 19.2 Å². The number of amides is 1. The minimum Gasteiger partial charge on any atom is -0.492 e. The Morgan fingerprint density at radius 2 is 1.81 bits per heavy atom. The number of rotatable bonds is 9. The lowest BCUT2D eigenvalue weighted by Gasteiger charge is -2.11.